The first-order chi connectivity index (χ1) is 28.8. The van der Waals surface area contributed by atoms with E-state index in [9.17, 15) is 26.8 Å². The molecule has 11 nitrogen and oxygen atoms in total. The number of benzene rings is 4. The molecule has 3 heterocycles. The summed E-state index contributed by atoms with van der Waals surface area (Å²) in [6.45, 7) is 1.05. The van der Waals surface area contributed by atoms with Crippen molar-refractivity contribution >= 4 is 50.9 Å². The Morgan fingerprint density at radius 3 is 2.27 bits per heavy atom. The van der Waals surface area contributed by atoms with Crippen LogP contribution in [0.25, 0.3) is 0 Å². The van der Waals surface area contributed by atoms with E-state index >= 15 is 0 Å². The molecule has 1 saturated carbocycles. The van der Waals surface area contributed by atoms with E-state index in [-0.39, 0.29) is 28.9 Å². The van der Waals surface area contributed by atoms with Gasteiger partial charge >= 0.3 is 18.6 Å². The number of carbonyl (C=O) groups excluding carboxylic acids is 2. The maximum absolute atomic E-state index is 13.7. The molecule has 8 rings (SSSR count). The molecule has 3 saturated heterocycles. The van der Waals surface area contributed by atoms with E-state index in [1.807, 2.05) is 25.1 Å². The minimum Gasteiger partial charge on any atom is -0.489 e. The first-order valence-corrected chi connectivity index (χ1v) is 22.3. The maximum atomic E-state index is 13.7. The lowest BCUT2D eigenvalue weighted by molar-refractivity contribution is -0.160. The van der Waals surface area contributed by atoms with Crippen LogP contribution in [0.2, 0.25) is 10.0 Å². The number of hydrogen-bond donors (Lipinski definition) is 2. The molecule has 2 bridgehead atoms. The van der Waals surface area contributed by atoms with Gasteiger partial charge in [-0.2, -0.15) is 13.5 Å². The number of aryl methyl sites for hydroxylation is 1. The fourth-order valence-electron chi connectivity index (χ4n) is 7.53. The molecule has 3 unspecified atom stereocenters. The predicted molar refractivity (Wildman–Crippen MR) is 223 cm³/mol. The number of esters is 2. The molecule has 0 amide bonds. The van der Waals surface area contributed by atoms with E-state index in [4.69, 9.17) is 42.1 Å². The molecule has 0 radical (unpaired) electrons. The van der Waals surface area contributed by atoms with Gasteiger partial charge in [0.05, 0.1) is 11.5 Å². The Bertz CT molecular complexity index is 2240. The van der Waals surface area contributed by atoms with Crippen LogP contribution in [0.5, 0.6) is 11.5 Å². The van der Waals surface area contributed by atoms with E-state index in [0.717, 1.165) is 44.3 Å². The van der Waals surface area contributed by atoms with Crippen molar-refractivity contribution in [3.8, 4) is 11.5 Å². The SMILES string of the molecule is CCc1cc(Cl)c(CC(OC(=O)CNS(=O)(=O)c2cccc(NC(C(=O)OC3CN4CCC3CC4)c3ccccc3)c2)c2ccc(OC(F)F)c(OCC3CC3)c2)c(Cl)c1. The lowest BCUT2D eigenvalue weighted by Gasteiger charge is -2.44. The van der Waals surface area contributed by atoms with Gasteiger partial charge in [-0.1, -0.05) is 72.6 Å². The predicted octanol–water partition coefficient (Wildman–Crippen LogP) is 8.54. The molecular formula is C44H47Cl2F2N3O8S. The average Bonchev–Trinajstić information content (AvgIpc) is 4.08. The molecule has 4 aliphatic rings. The number of sulfonamides is 1. The van der Waals surface area contributed by atoms with E-state index in [1.54, 1.807) is 30.3 Å². The van der Waals surface area contributed by atoms with Crippen LogP contribution in [-0.2, 0) is 41.9 Å². The number of halogens is 4. The summed E-state index contributed by atoms with van der Waals surface area (Å²) >= 11 is 13.3. The second-order valence-corrected chi connectivity index (χ2v) is 17.9. The Kier molecular flexibility index (Phi) is 14.2. The second-order valence-electron chi connectivity index (χ2n) is 15.4. The summed E-state index contributed by atoms with van der Waals surface area (Å²) in [7, 11) is -4.30. The van der Waals surface area contributed by atoms with Crippen LogP contribution >= 0.6 is 23.2 Å². The van der Waals surface area contributed by atoms with Gasteiger partial charge in [-0.05, 0) is 122 Å². The molecular weight excluding hydrogens is 839 g/mol. The van der Waals surface area contributed by atoms with Gasteiger partial charge in [-0.25, -0.2) is 13.2 Å². The minimum absolute atomic E-state index is 0.0321. The van der Waals surface area contributed by atoms with Crippen molar-refractivity contribution in [2.45, 2.75) is 75.2 Å². The van der Waals surface area contributed by atoms with Crippen LogP contribution in [0.15, 0.2) is 89.8 Å². The topological polar surface area (TPSA) is 132 Å². The second kappa shape index (κ2) is 19.5. The van der Waals surface area contributed by atoms with Crippen molar-refractivity contribution in [2.24, 2.45) is 11.8 Å². The van der Waals surface area contributed by atoms with E-state index in [2.05, 4.69) is 14.9 Å². The summed E-state index contributed by atoms with van der Waals surface area (Å²) < 4.78 is 78.8. The van der Waals surface area contributed by atoms with Crippen LogP contribution in [0.3, 0.4) is 0 Å². The number of ether oxygens (including phenoxy) is 4. The van der Waals surface area contributed by atoms with Crippen molar-refractivity contribution in [2.75, 3.05) is 38.1 Å². The zero-order chi connectivity index (χ0) is 42.4. The largest absolute Gasteiger partial charge is 0.489 e. The zero-order valence-corrected chi connectivity index (χ0v) is 35.3. The molecule has 0 spiro atoms. The molecule has 4 fully saturated rings. The van der Waals surface area contributed by atoms with Gasteiger partial charge in [0, 0.05) is 28.7 Å². The summed E-state index contributed by atoms with van der Waals surface area (Å²) in [5.41, 5.74) is 2.69. The Morgan fingerprint density at radius 2 is 1.62 bits per heavy atom. The van der Waals surface area contributed by atoms with Crippen LogP contribution < -0.4 is 19.5 Å². The molecule has 4 aromatic carbocycles. The van der Waals surface area contributed by atoms with Gasteiger partial charge in [0.2, 0.25) is 10.0 Å². The third-order valence-electron chi connectivity index (χ3n) is 11.1. The molecule has 1 aliphatic carbocycles. The van der Waals surface area contributed by atoms with Gasteiger partial charge in [0.15, 0.2) is 17.5 Å². The monoisotopic (exact) mass is 885 g/mol. The summed E-state index contributed by atoms with van der Waals surface area (Å²) in [5.74, 6) is -0.962. The number of nitrogens with one attached hydrogen (secondary N) is 2. The zero-order valence-electron chi connectivity index (χ0n) is 33.0. The number of anilines is 1. The van der Waals surface area contributed by atoms with Gasteiger partial charge in [0.1, 0.15) is 18.8 Å². The Hall–Kier alpha value is -4.47. The highest BCUT2D eigenvalue weighted by molar-refractivity contribution is 7.89. The molecule has 2 N–H and O–H groups in total. The molecule has 4 aromatic rings. The third kappa shape index (κ3) is 11.3. The lowest BCUT2D eigenvalue weighted by atomic mass is 9.86. The van der Waals surface area contributed by atoms with E-state index in [1.165, 1.54) is 36.4 Å². The Morgan fingerprint density at radius 1 is 0.883 bits per heavy atom. The van der Waals surface area contributed by atoms with Gasteiger partial charge in [-0.3, -0.25) is 9.69 Å². The maximum Gasteiger partial charge on any atom is 0.387 e. The summed E-state index contributed by atoms with van der Waals surface area (Å²) in [6, 6.07) is 21.7. The van der Waals surface area contributed by atoms with Gasteiger partial charge in [-0.15, -0.1) is 0 Å². The number of rotatable bonds is 19. The third-order valence-corrected chi connectivity index (χ3v) is 13.2. The van der Waals surface area contributed by atoms with Crippen molar-refractivity contribution < 1.29 is 45.7 Å². The molecule has 16 heteroatoms. The standard InChI is InChI=1S/C44H47Cl2F2N3O8S/c1-2-27-19-35(45)34(36(46)20-27)23-38(31-13-14-37(59-44(47)48)39(21-31)56-26-28-11-12-28)57-41(52)24-49-60(54,55)33-10-6-9-32(22-33)50-42(30-7-4-3-5-8-30)43(53)58-40-25-51-17-15-29(40)16-18-51/h3-10,13-14,19-22,28-29,38,40,42,44,49-50H,2,11-12,15-18,23-26H2,1H3. The molecule has 3 aliphatic heterocycles. The highest BCUT2D eigenvalue weighted by Gasteiger charge is 2.38. The normalized spacial score (nSPS) is 19.7. The number of nitrogens with zero attached hydrogens (tertiary/aromatic N) is 1. The highest BCUT2D eigenvalue weighted by Crippen LogP contribution is 2.39. The first-order valence-electron chi connectivity index (χ1n) is 20.1. The smallest absolute Gasteiger partial charge is 0.387 e. The molecule has 320 valence electrons. The fourth-order valence-corrected chi connectivity index (χ4v) is 9.23. The quantitative estimate of drug-likeness (QED) is 0.0884. The Balaban J connectivity index is 1.07. The number of carbonyl (C=O) groups is 2. The average molecular weight is 887 g/mol. The Labute approximate surface area is 358 Å². The number of fused-ring (bicyclic) bond motifs is 3. The minimum atomic E-state index is -4.30. The number of piperidine rings is 3. The van der Waals surface area contributed by atoms with Crippen molar-refractivity contribution in [3.63, 3.8) is 0 Å². The molecule has 3 atom stereocenters. The van der Waals surface area contributed by atoms with Crippen molar-refractivity contribution in [1.29, 1.82) is 0 Å². The van der Waals surface area contributed by atoms with Crippen LogP contribution in [0.1, 0.15) is 67.0 Å². The first kappa shape index (κ1) is 43.6. The van der Waals surface area contributed by atoms with Crippen molar-refractivity contribution in [3.05, 3.63) is 117 Å². The highest BCUT2D eigenvalue weighted by atomic mass is 35.5. The van der Waals surface area contributed by atoms with E-state index < -0.39 is 47.3 Å². The molecule has 0 aromatic heterocycles. The van der Waals surface area contributed by atoms with Crippen molar-refractivity contribution in [1.82, 2.24) is 9.62 Å². The summed E-state index contributed by atoms with van der Waals surface area (Å²) in [4.78, 5) is 29.3. The van der Waals surface area contributed by atoms with Crippen LogP contribution in [0.4, 0.5) is 14.5 Å². The van der Waals surface area contributed by atoms with Gasteiger partial charge < -0.3 is 24.3 Å². The van der Waals surface area contributed by atoms with Crippen LogP contribution in [-0.4, -0.2) is 70.8 Å². The molecule has 60 heavy (non-hydrogen) atoms. The number of alkyl halides is 2. The summed E-state index contributed by atoms with van der Waals surface area (Å²) in [5, 5.41) is 3.84. The van der Waals surface area contributed by atoms with Crippen LogP contribution in [0, 0.1) is 11.8 Å². The fraction of sp³-hybridized carbons (Fsp3) is 0.409. The number of hydrogen-bond acceptors (Lipinski definition) is 10. The lowest BCUT2D eigenvalue weighted by Crippen LogP contribution is -2.52. The summed E-state index contributed by atoms with van der Waals surface area (Å²) in [6.07, 6.45) is 3.17. The van der Waals surface area contributed by atoms with E-state index in [0.29, 0.717) is 63.8 Å². The van der Waals surface area contributed by atoms with Gasteiger partial charge in [0.25, 0.3) is 0 Å².